The lowest BCUT2D eigenvalue weighted by Gasteiger charge is -2.30. The molecule has 0 atom stereocenters. The van der Waals surface area contributed by atoms with Gasteiger partial charge in [-0.3, -0.25) is 0 Å². The summed E-state index contributed by atoms with van der Waals surface area (Å²) in [5, 5.41) is 4.25. The smallest absolute Gasteiger partial charge is 0.211 e. The number of nitrogens with one attached hydrogen (secondary N) is 1. The summed E-state index contributed by atoms with van der Waals surface area (Å²) in [7, 11) is -3.04. The van der Waals surface area contributed by atoms with Crippen molar-refractivity contribution in [2.45, 2.75) is 37.6 Å². The molecule has 0 spiro atoms. The third-order valence-corrected chi connectivity index (χ3v) is 5.60. The van der Waals surface area contributed by atoms with Crippen LogP contribution in [0.25, 0.3) is 0 Å². The van der Waals surface area contributed by atoms with Gasteiger partial charge in [-0.2, -0.15) is 4.37 Å². The van der Waals surface area contributed by atoms with Crippen LogP contribution in [0.4, 0.5) is 5.13 Å². The lowest BCUT2D eigenvalue weighted by Crippen LogP contribution is -2.41. The molecular formula is C11H18N4O2S2. The average molecular weight is 302 g/mol. The molecular weight excluding hydrogens is 284 g/mol. The van der Waals surface area contributed by atoms with Crippen LogP contribution in [-0.4, -0.2) is 47.5 Å². The number of anilines is 1. The molecule has 3 rings (SSSR count). The topological polar surface area (TPSA) is 75.2 Å². The van der Waals surface area contributed by atoms with Crippen molar-refractivity contribution in [3.63, 3.8) is 0 Å². The van der Waals surface area contributed by atoms with Gasteiger partial charge in [0.2, 0.25) is 15.2 Å². The van der Waals surface area contributed by atoms with Gasteiger partial charge in [-0.25, -0.2) is 17.7 Å². The first-order valence-electron chi connectivity index (χ1n) is 6.57. The molecule has 1 saturated heterocycles. The number of hydrogen-bond acceptors (Lipinski definition) is 6. The molecule has 1 aromatic rings. The zero-order chi connectivity index (χ0) is 13.5. The number of piperidine rings is 1. The Morgan fingerprint density at radius 2 is 1.95 bits per heavy atom. The summed E-state index contributed by atoms with van der Waals surface area (Å²) in [5.41, 5.74) is 0. The molecule has 2 heterocycles. The second kappa shape index (κ2) is 4.99. The van der Waals surface area contributed by atoms with Gasteiger partial charge in [0.15, 0.2) is 0 Å². The van der Waals surface area contributed by atoms with E-state index in [1.165, 1.54) is 30.6 Å². The van der Waals surface area contributed by atoms with Crippen LogP contribution in [0.5, 0.6) is 0 Å². The highest BCUT2D eigenvalue weighted by molar-refractivity contribution is 7.88. The molecule has 106 valence electrons. The van der Waals surface area contributed by atoms with Crippen molar-refractivity contribution in [2.75, 3.05) is 24.7 Å². The molecule has 8 heteroatoms. The molecule has 0 unspecified atom stereocenters. The van der Waals surface area contributed by atoms with Crippen LogP contribution < -0.4 is 5.32 Å². The fourth-order valence-corrected chi connectivity index (χ4v) is 3.90. The maximum atomic E-state index is 11.4. The molecule has 19 heavy (non-hydrogen) atoms. The third kappa shape index (κ3) is 3.24. The number of nitrogens with zero attached hydrogens (tertiary/aromatic N) is 3. The van der Waals surface area contributed by atoms with Crippen molar-refractivity contribution < 1.29 is 8.42 Å². The normalized spacial score (nSPS) is 22.6. The van der Waals surface area contributed by atoms with Crippen molar-refractivity contribution >= 4 is 26.7 Å². The summed E-state index contributed by atoms with van der Waals surface area (Å²) in [5.74, 6) is 1.56. The Labute approximate surface area is 117 Å². The molecule has 1 saturated carbocycles. The maximum absolute atomic E-state index is 11.4. The molecule has 0 bridgehead atoms. The van der Waals surface area contributed by atoms with E-state index in [2.05, 4.69) is 14.7 Å². The van der Waals surface area contributed by atoms with Crippen molar-refractivity contribution in [1.82, 2.24) is 13.7 Å². The fraction of sp³-hybridized carbons (Fsp3) is 0.818. The van der Waals surface area contributed by atoms with Gasteiger partial charge < -0.3 is 5.32 Å². The Morgan fingerprint density at radius 1 is 1.26 bits per heavy atom. The summed E-state index contributed by atoms with van der Waals surface area (Å²) in [6.07, 6.45) is 5.34. The van der Waals surface area contributed by atoms with E-state index in [0.717, 1.165) is 23.8 Å². The largest absolute Gasteiger partial charge is 0.357 e. The molecule has 2 fully saturated rings. The second-order valence-corrected chi connectivity index (χ2v) is 8.05. The molecule has 6 nitrogen and oxygen atoms in total. The molecule has 1 aliphatic carbocycles. The van der Waals surface area contributed by atoms with Crippen molar-refractivity contribution in [3.05, 3.63) is 5.82 Å². The summed E-state index contributed by atoms with van der Waals surface area (Å²) in [6.45, 7) is 1.18. The predicted octanol–water partition coefficient (Wildman–Crippen LogP) is 1.25. The summed E-state index contributed by atoms with van der Waals surface area (Å²) < 4.78 is 28.7. The molecule has 0 radical (unpaired) electrons. The molecule has 0 aromatic carbocycles. The molecule has 2 aliphatic rings. The highest BCUT2D eigenvalue weighted by atomic mass is 32.2. The summed E-state index contributed by atoms with van der Waals surface area (Å²) >= 11 is 1.41. The van der Waals surface area contributed by atoms with Crippen LogP contribution in [-0.2, 0) is 10.0 Å². The van der Waals surface area contributed by atoms with Gasteiger partial charge >= 0.3 is 0 Å². The zero-order valence-electron chi connectivity index (χ0n) is 10.9. The maximum Gasteiger partial charge on any atom is 0.211 e. The first-order chi connectivity index (χ1) is 9.02. The minimum atomic E-state index is -3.04. The molecule has 1 aliphatic heterocycles. The predicted molar refractivity (Wildman–Crippen MR) is 74.9 cm³/mol. The van der Waals surface area contributed by atoms with Gasteiger partial charge in [0.25, 0.3) is 0 Å². The van der Waals surface area contributed by atoms with Crippen LogP contribution in [0.3, 0.4) is 0 Å². The van der Waals surface area contributed by atoms with E-state index in [1.54, 1.807) is 4.31 Å². The summed E-state index contributed by atoms with van der Waals surface area (Å²) in [6, 6.07) is 0.304. The zero-order valence-corrected chi connectivity index (χ0v) is 12.5. The van der Waals surface area contributed by atoms with Gasteiger partial charge in [-0.15, -0.1) is 0 Å². The van der Waals surface area contributed by atoms with Crippen LogP contribution in [0.1, 0.15) is 37.4 Å². The Hall–Kier alpha value is -0.730. The lowest BCUT2D eigenvalue weighted by atomic mass is 10.1. The monoisotopic (exact) mass is 302 g/mol. The Morgan fingerprint density at radius 3 is 2.53 bits per heavy atom. The fourth-order valence-electron chi connectivity index (χ4n) is 2.31. The van der Waals surface area contributed by atoms with E-state index in [-0.39, 0.29) is 0 Å². The second-order valence-electron chi connectivity index (χ2n) is 5.31. The van der Waals surface area contributed by atoms with Crippen LogP contribution in [0.2, 0.25) is 0 Å². The van der Waals surface area contributed by atoms with Crippen LogP contribution in [0.15, 0.2) is 0 Å². The van der Waals surface area contributed by atoms with Crippen molar-refractivity contribution in [3.8, 4) is 0 Å². The van der Waals surface area contributed by atoms with E-state index in [9.17, 15) is 8.42 Å². The van der Waals surface area contributed by atoms with Gasteiger partial charge in [-0.1, -0.05) is 0 Å². The number of sulfonamides is 1. The molecule has 1 N–H and O–H groups in total. The quantitative estimate of drug-likeness (QED) is 0.906. The molecule has 1 aromatic heterocycles. The van der Waals surface area contributed by atoms with Crippen molar-refractivity contribution in [2.24, 2.45) is 0 Å². The first-order valence-corrected chi connectivity index (χ1v) is 9.20. The summed E-state index contributed by atoms with van der Waals surface area (Å²) in [4.78, 5) is 4.50. The number of hydrogen-bond donors (Lipinski definition) is 1. The lowest BCUT2D eigenvalue weighted by molar-refractivity contribution is 0.332. The minimum Gasteiger partial charge on any atom is -0.357 e. The van der Waals surface area contributed by atoms with E-state index in [0.29, 0.717) is 25.0 Å². The van der Waals surface area contributed by atoms with E-state index in [4.69, 9.17) is 0 Å². The SMILES string of the molecule is CS(=O)(=O)N1CCC(Nc2nc(C3CC3)ns2)CC1. The molecule has 0 amide bonds. The minimum absolute atomic E-state index is 0.304. The van der Waals surface area contributed by atoms with Gasteiger partial charge in [0.05, 0.1) is 6.26 Å². The van der Waals surface area contributed by atoms with Gasteiger partial charge in [0.1, 0.15) is 5.82 Å². The number of rotatable bonds is 4. The van der Waals surface area contributed by atoms with Gasteiger partial charge in [0, 0.05) is 36.6 Å². The Bertz CT molecular complexity index is 545. The first kappa shape index (κ1) is 13.3. The highest BCUT2D eigenvalue weighted by Crippen LogP contribution is 2.39. The van der Waals surface area contributed by atoms with Crippen molar-refractivity contribution in [1.29, 1.82) is 0 Å². The van der Waals surface area contributed by atoms with Crippen LogP contribution >= 0.6 is 11.5 Å². The highest BCUT2D eigenvalue weighted by Gasteiger charge is 2.29. The standard InChI is InChI=1S/C11H18N4O2S2/c1-19(16,17)15-6-4-9(5-7-15)12-11-13-10(14-18-11)8-2-3-8/h8-9H,2-7H2,1H3,(H,12,13,14). The van der Waals surface area contributed by atoms with Crippen LogP contribution in [0, 0.1) is 0 Å². The van der Waals surface area contributed by atoms with E-state index < -0.39 is 10.0 Å². The third-order valence-electron chi connectivity index (χ3n) is 3.63. The van der Waals surface area contributed by atoms with Gasteiger partial charge in [-0.05, 0) is 25.7 Å². The van der Waals surface area contributed by atoms with E-state index >= 15 is 0 Å². The number of aromatic nitrogens is 2. The Balaban J connectivity index is 1.54. The Kier molecular flexibility index (Phi) is 3.48. The van der Waals surface area contributed by atoms with E-state index in [1.807, 2.05) is 0 Å². The average Bonchev–Trinajstić information content (AvgIpc) is 3.10.